The fourth-order valence-electron chi connectivity index (χ4n) is 9.59. The molecule has 0 saturated heterocycles. The predicted molar refractivity (Wildman–Crippen MR) is 161 cm³/mol. The van der Waals surface area contributed by atoms with Crippen LogP contribution < -0.4 is 0 Å². The van der Waals surface area contributed by atoms with Crippen LogP contribution in [0.15, 0.2) is 35.9 Å². The van der Waals surface area contributed by atoms with E-state index in [4.69, 9.17) is 4.74 Å². The molecule has 0 heterocycles. The molecule has 1 aromatic rings. The average molecular weight is 617 g/mol. The van der Waals surface area contributed by atoms with E-state index in [0.29, 0.717) is 16.4 Å². The highest BCUT2D eigenvalue weighted by atomic mass is 127. The molecule has 5 rings (SSSR count). The van der Waals surface area contributed by atoms with Crippen molar-refractivity contribution in [1.29, 1.82) is 0 Å². The molecule has 8 atom stereocenters. The molecule has 37 heavy (non-hydrogen) atoms. The van der Waals surface area contributed by atoms with Crippen LogP contribution in [0.5, 0.6) is 0 Å². The number of esters is 1. The molecule has 0 bridgehead atoms. The van der Waals surface area contributed by atoms with Gasteiger partial charge in [-0.2, -0.15) is 0 Å². The van der Waals surface area contributed by atoms with Crippen LogP contribution in [0, 0.1) is 49.9 Å². The molecule has 0 N–H and O–H groups in total. The zero-order chi connectivity index (χ0) is 26.4. The van der Waals surface area contributed by atoms with Gasteiger partial charge in [-0.15, -0.1) is 0 Å². The highest BCUT2D eigenvalue weighted by molar-refractivity contribution is 14.1. The van der Waals surface area contributed by atoms with Gasteiger partial charge in [-0.1, -0.05) is 71.6 Å². The first kappa shape index (κ1) is 27.7. The van der Waals surface area contributed by atoms with Crippen molar-refractivity contribution in [1.82, 2.24) is 0 Å². The normalized spacial score (nSPS) is 37.8. The number of hydrogen-bond acceptors (Lipinski definition) is 2. The van der Waals surface area contributed by atoms with E-state index in [1.807, 2.05) is 24.3 Å². The number of rotatable bonds is 7. The minimum atomic E-state index is -0.158. The SMILES string of the molecule is CC(C)CCCC(C)C1CCC2C3CC=C4CC(OC(=O)c5cccc(I)c5)CCC4(C)C3CCC12C. The summed E-state index contributed by atoms with van der Waals surface area (Å²) in [6.45, 7) is 12.6. The lowest BCUT2D eigenvalue weighted by Gasteiger charge is -2.58. The molecule has 0 aliphatic heterocycles. The summed E-state index contributed by atoms with van der Waals surface area (Å²) in [5, 5.41) is 0. The Morgan fingerprint density at radius 1 is 1.05 bits per heavy atom. The van der Waals surface area contributed by atoms with E-state index in [2.05, 4.69) is 63.3 Å². The summed E-state index contributed by atoms with van der Waals surface area (Å²) in [7, 11) is 0. The Kier molecular flexibility index (Phi) is 8.22. The van der Waals surface area contributed by atoms with E-state index in [-0.39, 0.29) is 12.1 Å². The van der Waals surface area contributed by atoms with E-state index in [9.17, 15) is 4.79 Å². The molecule has 204 valence electrons. The third kappa shape index (κ3) is 5.33. The van der Waals surface area contributed by atoms with Crippen molar-refractivity contribution in [3.05, 3.63) is 45.0 Å². The topological polar surface area (TPSA) is 26.3 Å². The summed E-state index contributed by atoms with van der Waals surface area (Å²) < 4.78 is 7.13. The maximum absolute atomic E-state index is 12.8. The second-order valence-corrected chi connectivity index (χ2v) is 15.3. The zero-order valence-corrected chi connectivity index (χ0v) is 26.1. The summed E-state index contributed by atoms with van der Waals surface area (Å²) in [4.78, 5) is 12.8. The van der Waals surface area contributed by atoms with Crippen molar-refractivity contribution in [3.8, 4) is 0 Å². The monoisotopic (exact) mass is 616 g/mol. The highest BCUT2D eigenvalue weighted by Crippen LogP contribution is 2.67. The number of hydrogen-bond donors (Lipinski definition) is 0. The lowest BCUT2D eigenvalue weighted by atomic mass is 9.47. The van der Waals surface area contributed by atoms with Gasteiger partial charge in [0.1, 0.15) is 6.10 Å². The Morgan fingerprint density at radius 2 is 1.86 bits per heavy atom. The number of allylic oxidation sites excluding steroid dienone is 1. The third-order valence-corrected chi connectivity index (χ3v) is 12.3. The van der Waals surface area contributed by atoms with Gasteiger partial charge in [-0.05, 0) is 132 Å². The van der Waals surface area contributed by atoms with Crippen molar-refractivity contribution in [3.63, 3.8) is 0 Å². The Hall–Kier alpha value is -0.840. The first-order valence-corrected chi connectivity index (χ1v) is 16.4. The van der Waals surface area contributed by atoms with E-state index >= 15 is 0 Å². The maximum atomic E-state index is 12.8. The molecule has 0 amide bonds. The molecule has 2 nitrogen and oxygen atoms in total. The van der Waals surface area contributed by atoms with Crippen LogP contribution in [0.4, 0.5) is 0 Å². The Labute approximate surface area is 239 Å². The molecule has 0 spiro atoms. The minimum Gasteiger partial charge on any atom is -0.458 e. The second-order valence-electron chi connectivity index (χ2n) is 14.1. The van der Waals surface area contributed by atoms with E-state index in [0.717, 1.165) is 51.9 Å². The van der Waals surface area contributed by atoms with Crippen LogP contribution in [0.2, 0.25) is 0 Å². The average Bonchev–Trinajstić information content (AvgIpc) is 3.21. The van der Waals surface area contributed by atoms with Crippen molar-refractivity contribution in [2.24, 2.45) is 46.3 Å². The summed E-state index contributed by atoms with van der Waals surface area (Å²) >= 11 is 2.26. The summed E-state index contributed by atoms with van der Waals surface area (Å²) in [6.07, 6.45) is 16.9. The number of halogens is 1. The van der Waals surface area contributed by atoms with Gasteiger partial charge in [0, 0.05) is 9.99 Å². The number of benzene rings is 1. The van der Waals surface area contributed by atoms with E-state index < -0.39 is 0 Å². The van der Waals surface area contributed by atoms with Crippen molar-refractivity contribution >= 4 is 28.6 Å². The van der Waals surface area contributed by atoms with Crippen LogP contribution >= 0.6 is 22.6 Å². The van der Waals surface area contributed by atoms with Gasteiger partial charge in [0.05, 0.1) is 5.56 Å². The fraction of sp³-hybridized carbons (Fsp3) is 0.735. The lowest BCUT2D eigenvalue weighted by Crippen LogP contribution is -2.51. The van der Waals surface area contributed by atoms with Crippen molar-refractivity contribution < 1.29 is 9.53 Å². The second kappa shape index (κ2) is 11.0. The molecule has 4 aliphatic rings. The first-order chi connectivity index (χ1) is 17.6. The largest absolute Gasteiger partial charge is 0.458 e. The third-order valence-electron chi connectivity index (χ3n) is 11.6. The van der Waals surface area contributed by atoms with Crippen LogP contribution in [0.3, 0.4) is 0 Å². The van der Waals surface area contributed by atoms with E-state index in [1.165, 1.54) is 57.8 Å². The quantitative estimate of drug-likeness (QED) is 0.173. The van der Waals surface area contributed by atoms with Crippen molar-refractivity contribution in [2.75, 3.05) is 0 Å². The molecule has 3 heteroatoms. The molecule has 3 fully saturated rings. The number of carbonyl (C=O) groups excluding carboxylic acids is 1. The van der Waals surface area contributed by atoms with Gasteiger partial charge in [-0.25, -0.2) is 4.79 Å². The van der Waals surface area contributed by atoms with Crippen LogP contribution in [0.25, 0.3) is 0 Å². The number of fused-ring (bicyclic) bond motifs is 5. The van der Waals surface area contributed by atoms with Gasteiger partial charge in [-0.3, -0.25) is 0 Å². The van der Waals surface area contributed by atoms with Crippen LogP contribution in [-0.4, -0.2) is 12.1 Å². The first-order valence-electron chi connectivity index (χ1n) is 15.3. The Balaban J connectivity index is 1.25. The maximum Gasteiger partial charge on any atom is 0.338 e. The summed E-state index contributed by atoms with van der Waals surface area (Å²) in [5.74, 6) is 5.02. The molecule has 1 aromatic carbocycles. The van der Waals surface area contributed by atoms with Gasteiger partial charge in [0.25, 0.3) is 0 Å². The van der Waals surface area contributed by atoms with Gasteiger partial charge in [0.2, 0.25) is 0 Å². The standard InChI is InChI=1S/C34H49IO2/c1-22(2)8-6-9-23(3)29-14-15-30-28-13-12-25-21-27(37-32(36)24-10-7-11-26(35)20-24)16-18-33(25,4)31(28)17-19-34(29,30)5/h7,10-12,20,22-23,27-31H,6,8-9,13-19,21H2,1-5H3. The molecular weight excluding hydrogens is 567 g/mol. The Morgan fingerprint density at radius 3 is 2.62 bits per heavy atom. The zero-order valence-electron chi connectivity index (χ0n) is 23.9. The Bertz CT molecular complexity index is 1010. The van der Waals surface area contributed by atoms with Crippen molar-refractivity contribution in [2.45, 2.75) is 111 Å². The molecule has 4 aliphatic carbocycles. The summed E-state index contributed by atoms with van der Waals surface area (Å²) in [6, 6.07) is 7.76. The van der Waals surface area contributed by atoms with Crippen LogP contribution in [-0.2, 0) is 4.74 Å². The van der Waals surface area contributed by atoms with Gasteiger partial charge in [0.15, 0.2) is 0 Å². The van der Waals surface area contributed by atoms with Gasteiger partial charge < -0.3 is 4.74 Å². The molecular formula is C34H49IO2. The van der Waals surface area contributed by atoms with E-state index in [1.54, 1.807) is 5.57 Å². The predicted octanol–water partition coefficient (Wildman–Crippen LogP) is 9.86. The van der Waals surface area contributed by atoms with Gasteiger partial charge >= 0.3 is 5.97 Å². The minimum absolute atomic E-state index is 0.0256. The molecule has 3 saturated carbocycles. The van der Waals surface area contributed by atoms with Crippen LogP contribution in [0.1, 0.15) is 116 Å². The smallest absolute Gasteiger partial charge is 0.338 e. The molecule has 8 unspecified atom stereocenters. The number of ether oxygens (including phenoxy) is 1. The fourth-order valence-corrected chi connectivity index (χ4v) is 10.1. The lowest BCUT2D eigenvalue weighted by molar-refractivity contribution is -0.0594. The molecule has 0 radical (unpaired) electrons. The molecule has 0 aromatic heterocycles. The number of carbonyl (C=O) groups is 1. The summed E-state index contributed by atoms with van der Waals surface area (Å²) in [5.41, 5.74) is 3.12. The highest BCUT2D eigenvalue weighted by Gasteiger charge is 2.59.